The maximum absolute atomic E-state index is 12.6. The average molecular weight is 461 g/mol. The molecule has 0 aliphatic heterocycles. The van der Waals surface area contributed by atoms with Crippen molar-refractivity contribution < 1.29 is 34.2 Å². The van der Waals surface area contributed by atoms with Gasteiger partial charge in [-0.1, -0.05) is 18.2 Å². The molecule has 1 aromatic heterocycles. The van der Waals surface area contributed by atoms with Crippen molar-refractivity contribution in [3.05, 3.63) is 36.0 Å². The van der Waals surface area contributed by atoms with Crippen molar-refractivity contribution in [1.29, 1.82) is 0 Å². The summed E-state index contributed by atoms with van der Waals surface area (Å²) >= 11 is 0. The molecule has 0 aliphatic carbocycles. The van der Waals surface area contributed by atoms with Gasteiger partial charge in [-0.05, 0) is 25.0 Å². The number of carbonyl (C=O) groups is 5. The molecule has 0 saturated heterocycles. The maximum Gasteiger partial charge on any atom is 0.326 e. The van der Waals surface area contributed by atoms with Gasteiger partial charge in [-0.3, -0.25) is 19.2 Å². The van der Waals surface area contributed by atoms with Crippen LogP contribution in [0.25, 0.3) is 10.9 Å². The molecule has 3 unspecified atom stereocenters. The van der Waals surface area contributed by atoms with Gasteiger partial charge in [0.2, 0.25) is 17.7 Å². The van der Waals surface area contributed by atoms with Gasteiger partial charge < -0.3 is 36.9 Å². The first-order chi connectivity index (χ1) is 15.6. The van der Waals surface area contributed by atoms with Gasteiger partial charge in [-0.2, -0.15) is 0 Å². The second kappa shape index (κ2) is 11.6. The number of rotatable bonds is 12. The van der Waals surface area contributed by atoms with Gasteiger partial charge in [0.25, 0.3) is 0 Å². The number of carbonyl (C=O) groups excluding carboxylic acids is 3. The van der Waals surface area contributed by atoms with E-state index in [9.17, 15) is 29.1 Å². The molecule has 0 aliphatic rings. The number of para-hydroxylation sites is 1. The van der Waals surface area contributed by atoms with Crippen LogP contribution in [0.1, 0.15) is 25.3 Å². The minimum atomic E-state index is -1.25. The highest BCUT2D eigenvalue weighted by atomic mass is 16.4. The summed E-state index contributed by atoms with van der Waals surface area (Å²) in [4.78, 5) is 62.2. The van der Waals surface area contributed by atoms with Crippen LogP contribution in [0.5, 0.6) is 0 Å². The molecule has 2 rings (SSSR count). The van der Waals surface area contributed by atoms with E-state index >= 15 is 0 Å². The summed E-state index contributed by atoms with van der Waals surface area (Å²) in [5.41, 5.74) is 6.75. The maximum atomic E-state index is 12.6. The quantitative estimate of drug-likeness (QED) is 0.210. The first-order valence-corrected chi connectivity index (χ1v) is 10.2. The van der Waals surface area contributed by atoms with Crippen molar-refractivity contribution in [1.82, 2.24) is 20.9 Å². The Labute approximate surface area is 188 Å². The number of aromatic nitrogens is 1. The van der Waals surface area contributed by atoms with Crippen LogP contribution >= 0.6 is 0 Å². The normalized spacial score (nSPS) is 13.5. The summed E-state index contributed by atoms with van der Waals surface area (Å²) in [7, 11) is 0. The Morgan fingerprint density at radius 2 is 1.70 bits per heavy atom. The van der Waals surface area contributed by atoms with Crippen molar-refractivity contribution in [2.75, 3.05) is 6.54 Å². The van der Waals surface area contributed by atoms with Crippen LogP contribution in [-0.2, 0) is 30.4 Å². The van der Waals surface area contributed by atoms with E-state index in [-0.39, 0.29) is 12.8 Å². The number of carboxylic acids is 2. The molecule has 1 heterocycles. The molecule has 3 atom stereocenters. The molecule has 12 nitrogen and oxygen atoms in total. The van der Waals surface area contributed by atoms with Crippen LogP contribution in [0.3, 0.4) is 0 Å². The van der Waals surface area contributed by atoms with Gasteiger partial charge in [0.05, 0.1) is 6.54 Å². The minimum absolute atomic E-state index is 0.0134. The minimum Gasteiger partial charge on any atom is -0.481 e. The fraction of sp³-hybridized carbons (Fsp3) is 0.381. The SMILES string of the molecule is CC(NC(=O)C(CCC(=O)O)NC(=O)CN)C(=O)NC(Cc1c[nH]c2ccccc12)C(=O)O. The topological polar surface area (TPSA) is 204 Å². The zero-order chi connectivity index (χ0) is 24.5. The van der Waals surface area contributed by atoms with E-state index in [1.165, 1.54) is 6.92 Å². The van der Waals surface area contributed by atoms with E-state index in [0.29, 0.717) is 5.56 Å². The summed E-state index contributed by atoms with van der Waals surface area (Å²) in [6.45, 7) is 0.942. The molecule has 178 valence electrons. The fourth-order valence-corrected chi connectivity index (χ4v) is 3.19. The smallest absolute Gasteiger partial charge is 0.326 e. The molecule has 3 amide bonds. The second-order valence-electron chi connectivity index (χ2n) is 7.45. The number of aromatic amines is 1. The zero-order valence-electron chi connectivity index (χ0n) is 18.0. The lowest BCUT2D eigenvalue weighted by Gasteiger charge is -2.22. The third-order valence-corrected chi connectivity index (χ3v) is 4.95. The number of nitrogens with one attached hydrogen (secondary N) is 4. The Morgan fingerprint density at radius 1 is 1.00 bits per heavy atom. The molecular weight excluding hydrogens is 434 g/mol. The van der Waals surface area contributed by atoms with Crippen LogP contribution < -0.4 is 21.7 Å². The van der Waals surface area contributed by atoms with Gasteiger partial charge >= 0.3 is 11.9 Å². The zero-order valence-corrected chi connectivity index (χ0v) is 18.0. The standard InChI is InChI=1S/C21H27N5O7/c1-11(24-20(31)15(6-7-18(28)29)25-17(27)9-22)19(30)26-16(21(32)33)8-12-10-23-14-5-3-2-4-13(12)14/h2-5,10-11,15-16,23H,6-9,22H2,1H3,(H,24,31)(H,25,27)(H,26,30)(H,28,29)(H,32,33). The molecule has 0 spiro atoms. The Morgan fingerprint density at radius 3 is 2.33 bits per heavy atom. The number of H-pyrrole nitrogens is 1. The molecular formula is C21H27N5O7. The lowest BCUT2D eigenvalue weighted by molar-refractivity contribution is -0.142. The van der Waals surface area contributed by atoms with Gasteiger partial charge in [0, 0.05) is 29.9 Å². The van der Waals surface area contributed by atoms with E-state index in [1.54, 1.807) is 6.20 Å². The monoisotopic (exact) mass is 461 g/mol. The van der Waals surface area contributed by atoms with Gasteiger partial charge in [0.1, 0.15) is 18.1 Å². The number of benzene rings is 1. The Hall–Kier alpha value is -3.93. The number of fused-ring (bicyclic) bond motifs is 1. The summed E-state index contributed by atoms with van der Waals surface area (Å²) in [5.74, 6) is -4.62. The van der Waals surface area contributed by atoms with Crippen LogP contribution in [0.2, 0.25) is 0 Å². The lowest BCUT2D eigenvalue weighted by Crippen LogP contribution is -2.55. The molecule has 12 heteroatoms. The Kier molecular flexibility index (Phi) is 8.92. The van der Waals surface area contributed by atoms with E-state index in [1.807, 2.05) is 24.3 Å². The highest BCUT2D eigenvalue weighted by molar-refractivity contribution is 5.94. The Balaban J connectivity index is 2.03. The number of carboxylic acid groups (broad SMARTS) is 2. The van der Waals surface area contributed by atoms with Crippen LogP contribution in [0.4, 0.5) is 0 Å². The van der Waals surface area contributed by atoms with Crippen molar-refractivity contribution in [3.8, 4) is 0 Å². The summed E-state index contributed by atoms with van der Waals surface area (Å²) < 4.78 is 0. The lowest BCUT2D eigenvalue weighted by atomic mass is 10.0. The number of aliphatic carboxylic acids is 2. The van der Waals surface area contributed by atoms with Gasteiger partial charge in [-0.15, -0.1) is 0 Å². The van der Waals surface area contributed by atoms with Crippen molar-refractivity contribution in [2.45, 2.75) is 44.3 Å². The molecule has 33 heavy (non-hydrogen) atoms. The molecule has 0 bridgehead atoms. The number of nitrogens with two attached hydrogens (primary N) is 1. The third kappa shape index (κ3) is 7.31. The molecule has 0 radical (unpaired) electrons. The molecule has 2 aromatic rings. The summed E-state index contributed by atoms with van der Waals surface area (Å²) in [6, 6.07) is 3.71. The van der Waals surface area contributed by atoms with E-state index in [2.05, 4.69) is 20.9 Å². The van der Waals surface area contributed by atoms with Crippen molar-refractivity contribution in [2.24, 2.45) is 5.73 Å². The first-order valence-electron chi connectivity index (χ1n) is 10.2. The van der Waals surface area contributed by atoms with E-state index in [0.717, 1.165) is 10.9 Å². The van der Waals surface area contributed by atoms with Gasteiger partial charge in [0.15, 0.2) is 0 Å². The number of hydrogen-bond donors (Lipinski definition) is 7. The van der Waals surface area contributed by atoms with Crippen molar-refractivity contribution in [3.63, 3.8) is 0 Å². The van der Waals surface area contributed by atoms with Crippen LogP contribution in [-0.4, -0.2) is 69.5 Å². The molecule has 0 fully saturated rings. The van der Waals surface area contributed by atoms with Crippen LogP contribution in [0.15, 0.2) is 30.5 Å². The second-order valence-corrected chi connectivity index (χ2v) is 7.45. The largest absolute Gasteiger partial charge is 0.481 e. The number of amides is 3. The predicted molar refractivity (Wildman–Crippen MR) is 117 cm³/mol. The summed E-state index contributed by atoms with van der Waals surface area (Å²) in [6.07, 6.45) is 1.08. The third-order valence-electron chi connectivity index (χ3n) is 4.95. The van der Waals surface area contributed by atoms with Gasteiger partial charge in [-0.25, -0.2) is 4.79 Å². The van der Waals surface area contributed by atoms with Crippen LogP contribution in [0, 0.1) is 0 Å². The summed E-state index contributed by atoms with van der Waals surface area (Å²) in [5, 5.41) is 26.3. The van der Waals surface area contributed by atoms with E-state index < -0.39 is 60.8 Å². The fourth-order valence-electron chi connectivity index (χ4n) is 3.19. The number of hydrogen-bond acceptors (Lipinski definition) is 6. The molecule has 1 aromatic carbocycles. The molecule has 8 N–H and O–H groups in total. The first kappa shape index (κ1) is 25.3. The highest BCUT2D eigenvalue weighted by Gasteiger charge is 2.28. The molecule has 0 saturated carbocycles. The average Bonchev–Trinajstić information content (AvgIpc) is 3.18. The predicted octanol–water partition coefficient (Wildman–Crippen LogP) is -0.907. The van der Waals surface area contributed by atoms with E-state index in [4.69, 9.17) is 10.8 Å². The highest BCUT2D eigenvalue weighted by Crippen LogP contribution is 2.19. The van der Waals surface area contributed by atoms with Crippen molar-refractivity contribution >= 4 is 40.6 Å². The Bertz CT molecular complexity index is 1030.